The van der Waals surface area contributed by atoms with Crippen LogP contribution in [0.25, 0.3) is 0 Å². The molecule has 2 aliphatic heterocycles. The molecule has 2 heterocycles. The highest BCUT2D eigenvalue weighted by atomic mass is 35.5. The molecule has 0 saturated carbocycles. The van der Waals surface area contributed by atoms with Gasteiger partial charge in [0.1, 0.15) is 0 Å². The molecule has 3 nitrogen and oxygen atoms in total. The first-order valence-corrected chi connectivity index (χ1v) is 7.21. The quantitative estimate of drug-likeness (QED) is 0.765. The fourth-order valence-corrected chi connectivity index (χ4v) is 4.45. The maximum atomic E-state index is 12.0. The van der Waals surface area contributed by atoms with Crippen LogP contribution in [0.2, 0.25) is 0 Å². The lowest BCUT2D eigenvalue weighted by Crippen LogP contribution is -2.40. The summed E-state index contributed by atoms with van der Waals surface area (Å²) in [5.74, 6) is 3.60. The van der Waals surface area contributed by atoms with Crippen LogP contribution in [0, 0.1) is 0 Å². The normalized spacial score (nSPS) is 31.1. The van der Waals surface area contributed by atoms with Gasteiger partial charge in [0.05, 0.1) is 5.25 Å². The highest BCUT2D eigenvalue weighted by molar-refractivity contribution is 8.07. The second-order valence-corrected chi connectivity index (χ2v) is 6.23. The standard InChI is InChI=1S/C9H16N2OS2.ClH/c10-7-1-2-11(5-7)9(12)8-6-13-3-4-14-8;/h7-8H,1-6,10H2;1H/t7-,8?;/m1./s1. The Morgan fingerprint density at radius 3 is 2.73 bits per heavy atom. The van der Waals surface area contributed by atoms with E-state index < -0.39 is 0 Å². The molecule has 0 bridgehead atoms. The fourth-order valence-electron chi connectivity index (χ4n) is 1.82. The second kappa shape index (κ2) is 6.23. The number of amides is 1. The van der Waals surface area contributed by atoms with Crippen molar-refractivity contribution in [3.63, 3.8) is 0 Å². The van der Waals surface area contributed by atoms with Gasteiger partial charge in [-0.3, -0.25) is 4.79 Å². The highest BCUT2D eigenvalue weighted by Gasteiger charge is 2.30. The van der Waals surface area contributed by atoms with Crippen LogP contribution in [-0.2, 0) is 4.79 Å². The van der Waals surface area contributed by atoms with Crippen LogP contribution in [0.5, 0.6) is 0 Å². The SMILES string of the molecule is Cl.N[C@@H]1CCN(C(=O)C2CSCCS2)C1. The van der Waals surface area contributed by atoms with E-state index >= 15 is 0 Å². The summed E-state index contributed by atoms with van der Waals surface area (Å²) in [4.78, 5) is 13.9. The van der Waals surface area contributed by atoms with E-state index in [2.05, 4.69) is 0 Å². The van der Waals surface area contributed by atoms with E-state index in [0.29, 0.717) is 5.91 Å². The summed E-state index contributed by atoms with van der Waals surface area (Å²) in [5.41, 5.74) is 5.79. The van der Waals surface area contributed by atoms with Gasteiger partial charge in [-0.15, -0.1) is 24.2 Å². The molecule has 0 aromatic carbocycles. The first-order valence-electron chi connectivity index (χ1n) is 5.01. The molecular formula is C9H17ClN2OS2. The maximum absolute atomic E-state index is 12.0. The molecule has 15 heavy (non-hydrogen) atoms. The molecule has 88 valence electrons. The summed E-state index contributed by atoms with van der Waals surface area (Å²) >= 11 is 3.70. The summed E-state index contributed by atoms with van der Waals surface area (Å²) in [6, 6.07) is 0.209. The third-order valence-electron chi connectivity index (χ3n) is 2.63. The van der Waals surface area contributed by atoms with Crippen LogP contribution in [0.15, 0.2) is 0 Å². The number of nitrogens with two attached hydrogens (primary N) is 1. The number of carbonyl (C=O) groups is 1. The van der Waals surface area contributed by atoms with E-state index in [1.54, 1.807) is 11.8 Å². The molecule has 2 atom stereocenters. The van der Waals surface area contributed by atoms with E-state index in [-0.39, 0.29) is 23.7 Å². The number of likely N-dealkylation sites (tertiary alicyclic amines) is 1. The van der Waals surface area contributed by atoms with Gasteiger partial charge in [0.25, 0.3) is 0 Å². The zero-order valence-corrected chi connectivity index (χ0v) is 11.0. The van der Waals surface area contributed by atoms with Gasteiger partial charge in [-0.05, 0) is 6.42 Å². The van der Waals surface area contributed by atoms with Crippen LogP contribution in [0.4, 0.5) is 0 Å². The third kappa shape index (κ3) is 3.44. The minimum atomic E-state index is 0. The Morgan fingerprint density at radius 2 is 2.20 bits per heavy atom. The Balaban J connectivity index is 0.00000112. The third-order valence-corrected chi connectivity index (χ3v) is 5.37. The summed E-state index contributed by atoms with van der Waals surface area (Å²) in [6.45, 7) is 1.63. The molecule has 1 unspecified atom stereocenters. The fraction of sp³-hybridized carbons (Fsp3) is 0.889. The largest absolute Gasteiger partial charge is 0.340 e. The van der Waals surface area contributed by atoms with Gasteiger partial charge in [0.15, 0.2) is 0 Å². The predicted molar refractivity (Wildman–Crippen MR) is 70.0 cm³/mol. The number of halogens is 1. The first kappa shape index (κ1) is 13.5. The van der Waals surface area contributed by atoms with Crippen molar-refractivity contribution in [3.05, 3.63) is 0 Å². The minimum absolute atomic E-state index is 0. The zero-order chi connectivity index (χ0) is 9.97. The lowest BCUT2D eigenvalue weighted by Gasteiger charge is -2.25. The van der Waals surface area contributed by atoms with E-state index in [9.17, 15) is 4.79 Å². The molecule has 2 saturated heterocycles. The van der Waals surface area contributed by atoms with Crippen molar-refractivity contribution in [1.29, 1.82) is 0 Å². The van der Waals surface area contributed by atoms with Gasteiger partial charge < -0.3 is 10.6 Å². The summed E-state index contributed by atoms with van der Waals surface area (Å²) in [6.07, 6.45) is 0.969. The molecule has 0 spiro atoms. The monoisotopic (exact) mass is 268 g/mol. The van der Waals surface area contributed by atoms with Crippen molar-refractivity contribution in [1.82, 2.24) is 4.90 Å². The van der Waals surface area contributed by atoms with E-state index in [4.69, 9.17) is 5.73 Å². The topological polar surface area (TPSA) is 46.3 Å². The molecule has 6 heteroatoms. The van der Waals surface area contributed by atoms with Gasteiger partial charge in [-0.25, -0.2) is 0 Å². The van der Waals surface area contributed by atoms with Crippen LogP contribution in [0.3, 0.4) is 0 Å². The molecule has 2 rings (SSSR count). The van der Waals surface area contributed by atoms with Crippen molar-refractivity contribution in [2.75, 3.05) is 30.3 Å². The van der Waals surface area contributed by atoms with Crippen LogP contribution >= 0.6 is 35.9 Å². The predicted octanol–water partition coefficient (Wildman–Crippen LogP) is 0.816. The first-order chi connectivity index (χ1) is 6.77. The Bertz CT molecular complexity index is 217. The molecular weight excluding hydrogens is 252 g/mol. The van der Waals surface area contributed by atoms with Crippen molar-refractivity contribution in [3.8, 4) is 0 Å². The molecule has 0 aromatic heterocycles. The molecule has 1 amide bonds. The zero-order valence-electron chi connectivity index (χ0n) is 8.55. The summed E-state index contributed by atoms with van der Waals surface area (Å²) in [5, 5.41) is 0.194. The van der Waals surface area contributed by atoms with Gasteiger partial charge in [0.2, 0.25) is 5.91 Å². The Labute approximate surface area is 105 Å². The second-order valence-electron chi connectivity index (χ2n) is 3.77. The van der Waals surface area contributed by atoms with Crippen LogP contribution in [-0.4, -0.2) is 52.4 Å². The smallest absolute Gasteiger partial charge is 0.236 e. The van der Waals surface area contributed by atoms with Crippen molar-refractivity contribution >= 4 is 41.8 Å². The lowest BCUT2D eigenvalue weighted by molar-refractivity contribution is -0.129. The van der Waals surface area contributed by atoms with E-state index in [0.717, 1.165) is 31.0 Å². The molecule has 2 fully saturated rings. The number of thioether (sulfide) groups is 2. The Hall–Kier alpha value is 0.420. The highest BCUT2D eigenvalue weighted by Crippen LogP contribution is 2.26. The van der Waals surface area contributed by atoms with Crippen molar-refractivity contribution in [2.24, 2.45) is 5.73 Å². The number of hydrogen-bond donors (Lipinski definition) is 1. The number of rotatable bonds is 1. The Kier molecular flexibility index (Phi) is 5.60. The van der Waals surface area contributed by atoms with Crippen molar-refractivity contribution < 1.29 is 4.79 Å². The van der Waals surface area contributed by atoms with Gasteiger partial charge in [0, 0.05) is 36.4 Å². The number of nitrogens with zero attached hydrogens (tertiary/aromatic N) is 1. The number of carbonyl (C=O) groups excluding carboxylic acids is 1. The summed E-state index contributed by atoms with van der Waals surface area (Å²) in [7, 11) is 0. The molecule has 0 aromatic rings. The average Bonchev–Trinajstić information content (AvgIpc) is 2.65. The molecule has 2 N–H and O–H groups in total. The molecule has 2 aliphatic rings. The average molecular weight is 269 g/mol. The summed E-state index contributed by atoms with van der Waals surface area (Å²) < 4.78 is 0. The lowest BCUT2D eigenvalue weighted by atomic mass is 10.3. The van der Waals surface area contributed by atoms with E-state index in [1.807, 2.05) is 16.7 Å². The van der Waals surface area contributed by atoms with E-state index in [1.165, 1.54) is 5.75 Å². The van der Waals surface area contributed by atoms with Crippen LogP contribution < -0.4 is 5.73 Å². The molecule has 0 radical (unpaired) electrons. The van der Waals surface area contributed by atoms with Gasteiger partial charge >= 0.3 is 0 Å². The Morgan fingerprint density at radius 1 is 1.40 bits per heavy atom. The minimum Gasteiger partial charge on any atom is -0.340 e. The van der Waals surface area contributed by atoms with Gasteiger partial charge in [-0.1, -0.05) is 0 Å². The van der Waals surface area contributed by atoms with Gasteiger partial charge in [-0.2, -0.15) is 11.8 Å². The number of hydrogen-bond acceptors (Lipinski definition) is 4. The van der Waals surface area contributed by atoms with Crippen molar-refractivity contribution in [2.45, 2.75) is 17.7 Å². The van der Waals surface area contributed by atoms with Crippen LogP contribution in [0.1, 0.15) is 6.42 Å². The molecule has 0 aliphatic carbocycles. The maximum Gasteiger partial charge on any atom is 0.236 e.